The standard InChI is InChI=1S/C17H19N3O/c1-11-6-7-16(20-18)15(8-11)17(21)19-10-13-9-12-4-2-3-5-14(12)13/h2-8,13,20H,9-10,18H2,1H3,(H,19,21). The number of anilines is 1. The maximum Gasteiger partial charge on any atom is 0.253 e. The predicted molar refractivity (Wildman–Crippen MR) is 84.2 cm³/mol. The predicted octanol–water partition coefficient (Wildman–Crippen LogP) is 2.35. The molecule has 1 amide bonds. The lowest BCUT2D eigenvalue weighted by Crippen LogP contribution is -2.33. The minimum atomic E-state index is -0.0870. The van der Waals surface area contributed by atoms with Crippen molar-refractivity contribution < 1.29 is 4.79 Å². The summed E-state index contributed by atoms with van der Waals surface area (Å²) < 4.78 is 0. The zero-order valence-corrected chi connectivity index (χ0v) is 12.0. The van der Waals surface area contributed by atoms with Gasteiger partial charge in [-0.3, -0.25) is 10.6 Å². The van der Waals surface area contributed by atoms with Crippen LogP contribution in [0.3, 0.4) is 0 Å². The van der Waals surface area contributed by atoms with Gasteiger partial charge in [-0.15, -0.1) is 0 Å². The molecular weight excluding hydrogens is 262 g/mol. The lowest BCUT2D eigenvalue weighted by Gasteiger charge is -2.30. The van der Waals surface area contributed by atoms with Gasteiger partial charge in [-0.1, -0.05) is 35.9 Å². The third-order valence-electron chi connectivity index (χ3n) is 4.05. The Morgan fingerprint density at radius 2 is 2.10 bits per heavy atom. The Hall–Kier alpha value is -2.33. The Kier molecular flexibility index (Phi) is 3.62. The van der Waals surface area contributed by atoms with Gasteiger partial charge in [-0.05, 0) is 36.6 Å². The molecule has 1 atom stereocenters. The summed E-state index contributed by atoms with van der Waals surface area (Å²) in [5, 5.41) is 3.01. The molecule has 0 heterocycles. The summed E-state index contributed by atoms with van der Waals surface area (Å²) in [6.07, 6.45) is 1.03. The molecule has 108 valence electrons. The van der Waals surface area contributed by atoms with Crippen LogP contribution in [0.15, 0.2) is 42.5 Å². The monoisotopic (exact) mass is 281 g/mol. The largest absolute Gasteiger partial charge is 0.351 e. The van der Waals surface area contributed by atoms with Crippen molar-refractivity contribution in [1.29, 1.82) is 0 Å². The van der Waals surface area contributed by atoms with Crippen molar-refractivity contribution in [3.05, 3.63) is 64.7 Å². The van der Waals surface area contributed by atoms with E-state index in [0.717, 1.165) is 12.0 Å². The molecule has 0 fully saturated rings. The molecule has 3 rings (SSSR count). The minimum Gasteiger partial charge on any atom is -0.351 e. The van der Waals surface area contributed by atoms with Gasteiger partial charge < -0.3 is 10.7 Å². The number of hydrazine groups is 1. The maximum atomic E-state index is 12.3. The molecule has 0 radical (unpaired) electrons. The van der Waals surface area contributed by atoms with Crippen LogP contribution in [0, 0.1) is 6.92 Å². The summed E-state index contributed by atoms with van der Waals surface area (Å²) in [5.74, 6) is 5.80. The van der Waals surface area contributed by atoms with E-state index in [-0.39, 0.29) is 5.91 Å². The van der Waals surface area contributed by atoms with E-state index in [2.05, 4.69) is 28.9 Å². The van der Waals surface area contributed by atoms with E-state index in [1.54, 1.807) is 0 Å². The first kappa shape index (κ1) is 13.6. The second kappa shape index (κ2) is 5.58. The third kappa shape index (κ3) is 2.62. The van der Waals surface area contributed by atoms with Crippen LogP contribution >= 0.6 is 0 Å². The average molecular weight is 281 g/mol. The Morgan fingerprint density at radius 3 is 2.86 bits per heavy atom. The van der Waals surface area contributed by atoms with Crippen LogP contribution in [0.4, 0.5) is 5.69 Å². The van der Waals surface area contributed by atoms with E-state index in [9.17, 15) is 4.79 Å². The normalized spacial score (nSPS) is 15.8. The third-order valence-corrected chi connectivity index (χ3v) is 4.05. The number of nitrogen functional groups attached to an aromatic ring is 1. The molecule has 1 aliphatic carbocycles. The lowest BCUT2D eigenvalue weighted by molar-refractivity contribution is 0.0950. The number of hydrogen-bond donors (Lipinski definition) is 3. The highest BCUT2D eigenvalue weighted by Gasteiger charge is 2.25. The van der Waals surface area contributed by atoms with Crippen molar-refractivity contribution in [2.45, 2.75) is 19.3 Å². The molecule has 1 aliphatic rings. The van der Waals surface area contributed by atoms with E-state index in [4.69, 9.17) is 5.84 Å². The first-order valence-corrected chi connectivity index (χ1v) is 7.12. The Labute approximate surface area is 124 Å². The zero-order valence-electron chi connectivity index (χ0n) is 12.0. The molecule has 0 aromatic heterocycles. The van der Waals surface area contributed by atoms with Gasteiger partial charge in [0.1, 0.15) is 0 Å². The molecule has 0 aliphatic heterocycles. The fourth-order valence-corrected chi connectivity index (χ4v) is 2.83. The smallest absolute Gasteiger partial charge is 0.253 e. The first-order valence-electron chi connectivity index (χ1n) is 7.12. The van der Waals surface area contributed by atoms with Gasteiger partial charge in [-0.25, -0.2) is 0 Å². The van der Waals surface area contributed by atoms with Crippen LogP contribution in [-0.4, -0.2) is 12.5 Å². The zero-order chi connectivity index (χ0) is 14.8. The number of amides is 1. The number of benzene rings is 2. The minimum absolute atomic E-state index is 0.0870. The van der Waals surface area contributed by atoms with Crippen molar-refractivity contribution >= 4 is 11.6 Å². The van der Waals surface area contributed by atoms with Crippen molar-refractivity contribution in [2.24, 2.45) is 5.84 Å². The van der Waals surface area contributed by atoms with Gasteiger partial charge >= 0.3 is 0 Å². The van der Waals surface area contributed by atoms with Gasteiger partial charge in [-0.2, -0.15) is 0 Å². The Bertz CT molecular complexity index is 681. The summed E-state index contributed by atoms with van der Waals surface area (Å²) in [6, 6.07) is 14.0. The fraction of sp³-hybridized carbons (Fsp3) is 0.235. The van der Waals surface area contributed by atoms with Gasteiger partial charge in [0.25, 0.3) is 5.91 Å². The van der Waals surface area contributed by atoms with Gasteiger partial charge in [0, 0.05) is 12.5 Å². The van der Waals surface area contributed by atoms with E-state index in [1.165, 1.54) is 11.1 Å². The second-order valence-electron chi connectivity index (χ2n) is 5.50. The lowest BCUT2D eigenvalue weighted by atomic mass is 9.77. The Balaban J connectivity index is 1.67. The molecule has 0 spiro atoms. The number of fused-ring (bicyclic) bond motifs is 1. The molecule has 4 N–H and O–H groups in total. The quantitative estimate of drug-likeness (QED) is 0.595. The molecule has 0 saturated carbocycles. The van der Waals surface area contributed by atoms with Crippen LogP contribution in [0.25, 0.3) is 0 Å². The molecule has 1 unspecified atom stereocenters. The highest BCUT2D eigenvalue weighted by atomic mass is 16.1. The average Bonchev–Trinajstić information content (AvgIpc) is 2.48. The number of carbonyl (C=O) groups excluding carboxylic acids is 1. The highest BCUT2D eigenvalue weighted by molar-refractivity contribution is 5.99. The molecular formula is C17H19N3O. The number of rotatable bonds is 4. The fourth-order valence-electron chi connectivity index (χ4n) is 2.83. The van der Waals surface area contributed by atoms with E-state index in [0.29, 0.717) is 23.7 Å². The van der Waals surface area contributed by atoms with Crippen LogP contribution < -0.4 is 16.6 Å². The van der Waals surface area contributed by atoms with Crippen LogP contribution in [0.5, 0.6) is 0 Å². The SMILES string of the molecule is Cc1ccc(NN)c(C(=O)NCC2Cc3ccccc32)c1. The van der Waals surface area contributed by atoms with E-state index in [1.807, 2.05) is 31.2 Å². The summed E-state index contributed by atoms with van der Waals surface area (Å²) in [5.41, 5.74) is 7.58. The number of carbonyl (C=O) groups is 1. The van der Waals surface area contributed by atoms with Crippen LogP contribution in [-0.2, 0) is 6.42 Å². The van der Waals surface area contributed by atoms with Crippen LogP contribution in [0.1, 0.15) is 33.0 Å². The number of nitrogens with two attached hydrogens (primary N) is 1. The molecule has 4 heteroatoms. The topological polar surface area (TPSA) is 67.1 Å². The van der Waals surface area contributed by atoms with Crippen molar-refractivity contribution in [3.8, 4) is 0 Å². The summed E-state index contributed by atoms with van der Waals surface area (Å²) in [7, 11) is 0. The van der Waals surface area contributed by atoms with E-state index >= 15 is 0 Å². The second-order valence-corrected chi connectivity index (χ2v) is 5.50. The molecule has 4 nitrogen and oxygen atoms in total. The van der Waals surface area contributed by atoms with Crippen molar-refractivity contribution in [2.75, 3.05) is 12.0 Å². The Morgan fingerprint density at radius 1 is 1.29 bits per heavy atom. The van der Waals surface area contributed by atoms with E-state index < -0.39 is 0 Å². The molecule has 0 bridgehead atoms. The number of nitrogens with one attached hydrogen (secondary N) is 2. The molecule has 2 aromatic rings. The number of aryl methyl sites for hydroxylation is 1. The highest BCUT2D eigenvalue weighted by Crippen LogP contribution is 2.34. The van der Waals surface area contributed by atoms with Gasteiger partial charge in [0.05, 0.1) is 11.3 Å². The molecule has 21 heavy (non-hydrogen) atoms. The van der Waals surface area contributed by atoms with Gasteiger partial charge in [0.2, 0.25) is 0 Å². The van der Waals surface area contributed by atoms with Crippen molar-refractivity contribution in [1.82, 2.24) is 5.32 Å². The first-order chi connectivity index (χ1) is 10.2. The van der Waals surface area contributed by atoms with Crippen LogP contribution in [0.2, 0.25) is 0 Å². The summed E-state index contributed by atoms with van der Waals surface area (Å²) in [6.45, 7) is 2.62. The van der Waals surface area contributed by atoms with Crippen molar-refractivity contribution in [3.63, 3.8) is 0 Å². The van der Waals surface area contributed by atoms with Gasteiger partial charge in [0.15, 0.2) is 0 Å². The number of hydrogen-bond acceptors (Lipinski definition) is 3. The maximum absolute atomic E-state index is 12.3. The molecule has 2 aromatic carbocycles. The molecule has 0 saturated heterocycles. The summed E-state index contributed by atoms with van der Waals surface area (Å²) in [4.78, 5) is 12.3. The summed E-state index contributed by atoms with van der Waals surface area (Å²) >= 11 is 0.